The molecule has 128 valence electrons. The smallest absolute Gasteiger partial charge is 0.247 e. The first-order chi connectivity index (χ1) is 11.6. The summed E-state index contributed by atoms with van der Waals surface area (Å²) in [5, 5.41) is 0. The quantitative estimate of drug-likeness (QED) is 0.831. The lowest BCUT2D eigenvalue weighted by Crippen LogP contribution is -2.31. The first kappa shape index (κ1) is 16.7. The maximum atomic E-state index is 13.2. The number of nitrogens with zero attached hydrogens (tertiary/aromatic N) is 2. The Kier molecular flexibility index (Phi) is 4.73. The lowest BCUT2D eigenvalue weighted by molar-refractivity contribution is 0.375. The van der Waals surface area contributed by atoms with E-state index in [-0.39, 0.29) is 10.9 Å². The molecule has 0 saturated carbocycles. The van der Waals surface area contributed by atoms with Gasteiger partial charge < -0.3 is 9.47 Å². The third-order valence-corrected chi connectivity index (χ3v) is 6.18. The van der Waals surface area contributed by atoms with E-state index in [4.69, 9.17) is 9.47 Å². The van der Waals surface area contributed by atoms with Crippen LogP contribution in [0.15, 0.2) is 47.6 Å². The molecule has 2 heterocycles. The average Bonchev–Trinajstić information content (AvgIpc) is 3.12. The number of hydrogen-bond donors (Lipinski definition) is 0. The largest absolute Gasteiger partial charge is 0.497 e. The molecule has 6 nitrogen and oxygen atoms in total. The van der Waals surface area contributed by atoms with E-state index >= 15 is 0 Å². The van der Waals surface area contributed by atoms with Crippen LogP contribution in [0.1, 0.15) is 24.4 Å². The highest BCUT2D eigenvalue weighted by atomic mass is 32.2. The van der Waals surface area contributed by atoms with Crippen molar-refractivity contribution < 1.29 is 17.9 Å². The van der Waals surface area contributed by atoms with E-state index in [0.29, 0.717) is 18.0 Å². The number of benzene rings is 1. The molecule has 1 aliphatic heterocycles. The van der Waals surface area contributed by atoms with Crippen LogP contribution in [-0.4, -0.2) is 38.5 Å². The number of rotatable bonds is 5. The third-order valence-electron chi connectivity index (χ3n) is 4.25. The monoisotopic (exact) mass is 348 g/mol. The van der Waals surface area contributed by atoms with E-state index in [0.717, 1.165) is 18.4 Å². The van der Waals surface area contributed by atoms with E-state index in [2.05, 4.69) is 4.98 Å². The van der Waals surface area contributed by atoms with Crippen LogP contribution in [0.2, 0.25) is 0 Å². The predicted octanol–water partition coefficient (Wildman–Crippen LogP) is 2.62. The van der Waals surface area contributed by atoms with Gasteiger partial charge in [0.25, 0.3) is 0 Å². The molecule has 1 aromatic carbocycles. The molecule has 3 rings (SSSR count). The fourth-order valence-corrected chi connectivity index (χ4v) is 4.91. The fraction of sp³-hybridized carbons (Fsp3) is 0.353. The van der Waals surface area contributed by atoms with Crippen molar-refractivity contribution >= 4 is 10.0 Å². The van der Waals surface area contributed by atoms with Gasteiger partial charge in [0, 0.05) is 25.0 Å². The second-order valence-corrected chi connectivity index (χ2v) is 7.43. The zero-order valence-corrected chi connectivity index (χ0v) is 14.5. The van der Waals surface area contributed by atoms with Gasteiger partial charge in [-0.3, -0.25) is 4.98 Å². The highest BCUT2D eigenvalue weighted by Gasteiger charge is 2.37. The molecule has 0 N–H and O–H groups in total. The normalized spacial score (nSPS) is 18.5. The van der Waals surface area contributed by atoms with Crippen LogP contribution in [-0.2, 0) is 10.0 Å². The minimum Gasteiger partial charge on any atom is -0.497 e. The van der Waals surface area contributed by atoms with Crippen molar-refractivity contribution in [1.82, 2.24) is 9.29 Å². The number of aromatic nitrogens is 1. The van der Waals surface area contributed by atoms with Gasteiger partial charge in [-0.2, -0.15) is 4.31 Å². The Morgan fingerprint density at radius 1 is 1.12 bits per heavy atom. The molecule has 0 aliphatic carbocycles. The Morgan fingerprint density at radius 2 is 1.88 bits per heavy atom. The Balaban J connectivity index is 2.04. The molecule has 0 unspecified atom stereocenters. The van der Waals surface area contributed by atoms with E-state index in [1.165, 1.54) is 20.3 Å². The Bertz CT molecular complexity index is 809. The standard InChI is InChI=1S/C17H20N2O4S/c1-22-14-5-6-16(23-2)17(12-14)24(20,21)19-11-3-4-15(19)13-7-9-18-10-8-13/h5-10,12,15H,3-4,11H2,1-2H3/t15-/m0/s1. The van der Waals surface area contributed by atoms with Crippen molar-refractivity contribution in [3.63, 3.8) is 0 Å². The topological polar surface area (TPSA) is 68.7 Å². The van der Waals surface area contributed by atoms with Crippen LogP contribution in [0.4, 0.5) is 0 Å². The first-order valence-electron chi connectivity index (χ1n) is 7.71. The maximum Gasteiger partial charge on any atom is 0.247 e. The molecule has 1 fully saturated rings. The van der Waals surface area contributed by atoms with Gasteiger partial charge in [0.2, 0.25) is 10.0 Å². The summed E-state index contributed by atoms with van der Waals surface area (Å²) >= 11 is 0. The van der Waals surface area contributed by atoms with Crippen LogP contribution in [0.25, 0.3) is 0 Å². The Hall–Kier alpha value is -2.12. The van der Waals surface area contributed by atoms with Gasteiger partial charge in [-0.25, -0.2) is 8.42 Å². The molecule has 0 radical (unpaired) electrons. The molecule has 1 atom stereocenters. The van der Waals surface area contributed by atoms with Crippen LogP contribution in [0.3, 0.4) is 0 Å². The summed E-state index contributed by atoms with van der Waals surface area (Å²) in [6, 6.07) is 8.35. The summed E-state index contributed by atoms with van der Waals surface area (Å²) in [6.07, 6.45) is 4.98. The SMILES string of the molecule is COc1ccc(OC)c(S(=O)(=O)N2CCC[C@H]2c2ccncc2)c1. The van der Waals surface area contributed by atoms with Gasteiger partial charge in [0.05, 0.1) is 20.3 Å². The maximum absolute atomic E-state index is 13.2. The molecule has 7 heteroatoms. The minimum absolute atomic E-state index is 0.130. The Morgan fingerprint density at radius 3 is 2.54 bits per heavy atom. The summed E-state index contributed by atoms with van der Waals surface area (Å²) in [5.41, 5.74) is 0.952. The van der Waals surface area contributed by atoms with Crippen molar-refractivity contribution in [2.24, 2.45) is 0 Å². The molecule has 0 bridgehead atoms. The van der Waals surface area contributed by atoms with E-state index in [1.807, 2.05) is 12.1 Å². The predicted molar refractivity (Wildman–Crippen MR) is 89.6 cm³/mol. The summed E-state index contributed by atoms with van der Waals surface area (Å²) in [5.74, 6) is 0.796. The molecule has 2 aromatic rings. The lowest BCUT2D eigenvalue weighted by atomic mass is 10.1. The van der Waals surface area contributed by atoms with Gasteiger partial charge in [0.1, 0.15) is 16.4 Å². The van der Waals surface area contributed by atoms with Crippen LogP contribution in [0, 0.1) is 0 Å². The fourth-order valence-electron chi connectivity index (χ4n) is 3.06. The number of methoxy groups -OCH3 is 2. The molecule has 0 spiro atoms. The summed E-state index contributed by atoms with van der Waals surface area (Å²) in [6.45, 7) is 0.482. The molecule has 1 aliphatic rings. The van der Waals surface area contributed by atoms with E-state index in [1.54, 1.807) is 28.8 Å². The molecular weight excluding hydrogens is 328 g/mol. The van der Waals surface area contributed by atoms with Crippen LogP contribution in [0.5, 0.6) is 11.5 Å². The second-order valence-electron chi connectivity index (χ2n) is 5.57. The summed E-state index contributed by atoms with van der Waals surface area (Å²) in [4.78, 5) is 4.14. The molecule has 1 saturated heterocycles. The summed E-state index contributed by atoms with van der Waals surface area (Å²) in [7, 11) is -0.732. The van der Waals surface area contributed by atoms with Crippen LogP contribution < -0.4 is 9.47 Å². The Labute approximate surface area is 142 Å². The molecule has 0 amide bonds. The average molecular weight is 348 g/mol. The molecule has 1 aromatic heterocycles. The van der Waals surface area contributed by atoms with Crippen molar-refractivity contribution in [3.05, 3.63) is 48.3 Å². The minimum atomic E-state index is -3.70. The van der Waals surface area contributed by atoms with E-state index in [9.17, 15) is 8.42 Å². The lowest BCUT2D eigenvalue weighted by Gasteiger charge is -2.25. The highest BCUT2D eigenvalue weighted by molar-refractivity contribution is 7.89. The molecule has 24 heavy (non-hydrogen) atoms. The van der Waals surface area contributed by atoms with Gasteiger partial charge >= 0.3 is 0 Å². The van der Waals surface area contributed by atoms with Crippen molar-refractivity contribution in [2.45, 2.75) is 23.8 Å². The van der Waals surface area contributed by atoms with Crippen molar-refractivity contribution in [1.29, 1.82) is 0 Å². The second kappa shape index (κ2) is 6.78. The highest BCUT2D eigenvalue weighted by Crippen LogP contribution is 2.39. The first-order valence-corrected chi connectivity index (χ1v) is 9.15. The molecular formula is C17H20N2O4S. The zero-order valence-electron chi connectivity index (χ0n) is 13.7. The van der Waals surface area contributed by atoms with Gasteiger partial charge in [-0.15, -0.1) is 0 Å². The van der Waals surface area contributed by atoms with Gasteiger partial charge in [-0.1, -0.05) is 0 Å². The van der Waals surface area contributed by atoms with Crippen molar-refractivity contribution in [2.75, 3.05) is 20.8 Å². The van der Waals surface area contributed by atoms with Crippen molar-refractivity contribution in [3.8, 4) is 11.5 Å². The zero-order chi connectivity index (χ0) is 17.2. The van der Waals surface area contributed by atoms with Gasteiger partial charge in [0.15, 0.2) is 0 Å². The summed E-state index contributed by atoms with van der Waals surface area (Å²) < 4.78 is 38.5. The number of pyridine rings is 1. The van der Waals surface area contributed by atoms with Gasteiger partial charge in [-0.05, 0) is 42.7 Å². The number of ether oxygens (including phenoxy) is 2. The van der Waals surface area contributed by atoms with Crippen LogP contribution >= 0.6 is 0 Å². The number of hydrogen-bond acceptors (Lipinski definition) is 5. The van der Waals surface area contributed by atoms with E-state index < -0.39 is 10.0 Å². The number of sulfonamides is 1. The third kappa shape index (κ3) is 2.97.